The van der Waals surface area contributed by atoms with Gasteiger partial charge in [0.05, 0.1) is 12.3 Å². The molecule has 1 aromatic carbocycles. The molecule has 1 heterocycles. The Hall–Kier alpha value is -2.20. The smallest absolute Gasteiger partial charge is 0.223 e. The van der Waals surface area contributed by atoms with E-state index in [9.17, 15) is 24.9 Å². The van der Waals surface area contributed by atoms with Crippen LogP contribution in [0.5, 0.6) is 5.75 Å². The van der Waals surface area contributed by atoms with Crippen LogP contribution in [0.1, 0.15) is 13.8 Å². The Morgan fingerprint density at radius 3 is 2.44 bits per heavy atom. The maximum Gasteiger partial charge on any atom is 0.223 e. The number of nitrogens with one attached hydrogen (secondary N) is 2. The number of para-hydroxylation sites is 2. The highest BCUT2D eigenvalue weighted by Crippen LogP contribution is 2.29. The summed E-state index contributed by atoms with van der Waals surface area (Å²) in [6.07, 6.45) is -5.08. The molecule has 0 spiro atoms. The summed E-state index contributed by atoms with van der Waals surface area (Å²) in [5.41, 5.74) is 0.376. The quantitative estimate of drug-likeness (QED) is 0.456. The number of hydrogen-bond donors (Lipinski definition) is 5. The van der Waals surface area contributed by atoms with Crippen molar-refractivity contribution in [3.05, 3.63) is 24.3 Å². The lowest BCUT2D eigenvalue weighted by molar-refractivity contribution is -0.244. The molecule has 1 aromatic rings. The van der Waals surface area contributed by atoms with Gasteiger partial charge in [-0.3, -0.25) is 9.59 Å². The van der Waals surface area contributed by atoms with Crippen LogP contribution in [-0.4, -0.2) is 64.4 Å². The molecule has 2 rings (SSSR count). The highest BCUT2D eigenvalue weighted by Gasteiger charge is 2.46. The van der Waals surface area contributed by atoms with Gasteiger partial charge in [-0.25, -0.2) is 0 Å². The van der Waals surface area contributed by atoms with Gasteiger partial charge in [0.1, 0.15) is 30.1 Å². The molecule has 2 amide bonds. The summed E-state index contributed by atoms with van der Waals surface area (Å²) in [5.74, 6) is -0.507. The van der Waals surface area contributed by atoms with Gasteiger partial charge in [-0.2, -0.15) is 0 Å². The van der Waals surface area contributed by atoms with Crippen LogP contribution in [0.3, 0.4) is 0 Å². The molecule has 1 fully saturated rings. The van der Waals surface area contributed by atoms with Crippen molar-refractivity contribution in [2.24, 2.45) is 0 Å². The van der Waals surface area contributed by atoms with E-state index in [1.54, 1.807) is 24.3 Å². The average molecular weight is 354 g/mol. The van der Waals surface area contributed by atoms with Gasteiger partial charge in [0, 0.05) is 13.8 Å². The van der Waals surface area contributed by atoms with E-state index >= 15 is 0 Å². The first-order chi connectivity index (χ1) is 11.8. The van der Waals surface area contributed by atoms with Crippen molar-refractivity contribution in [1.82, 2.24) is 5.32 Å². The minimum atomic E-state index is -1.41. The molecule has 1 aliphatic rings. The molecule has 1 saturated heterocycles. The van der Waals surface area contributed by atoms with Crippen LogP contribution in [0.4, 0.5) is 5.69 Å². The highest BCUT2D eigenvalue weighted by molar-refractivity contribution is 5.90. The predicted molar refractivity (Wildman–Crippen MR) is 86.7 cm³/mol. The van der Waals surface area contributed by atoms with E-state index in [2.05, 4.69) is 10.6 Å². The topological polar surface area (TPSA) is 137 Å². The van der Waals surface area contributed by atoms with E-state index in [1.165, 1.54) is 13.8 Å². The van der Waals surface area contributed by atoms with Crippen molar-refractivity contribution in [2.75, 3.05) is 11.9 Å². The normalized spacial score (nSPS) is 28.9. The molecule has 9 heteroatoms. The zero-order valence-electron chi connectivity index (χ0n) is 13.9. The summed E-state index contributed by atoms with van der Waals surface area (Å²) < 4.78 is 11.2. The van der Waals surface area contributed by atoms with Crippen molar-refractivity contribution in [3.63, 3.8) is 0 Å². The zero-order chi connectivity index (χ0) is 18.6. The van der Waals surface area contributed by atoms with Gasteiger partial charge in [-0.15, -0.1) is 0 Å². The lowest BCUT2D eigenvalue weighted by Gasteiger charge is -2.42. The van der Waals surface area contributed by atoms with Crippen molar-refractivity contribution in [3.8, 4) is 5.75 Å². The number of carbonyl (C=O) groups excluding carboxylic acids is 2. The van der Waals surface area contributed by atoms with E-state index < -0.39 is 43.2 Å². The number of ether oxygens (including phenoxy) is 2. The third kappa shape index (κ3) is 4.67. The summed E-state index contributed by atoms with van der Waals surface area (Å²) in [6.45, 7) is 2.05. The number of carbonyl (C=O) groups is 2. The van der Waals surface area contributed by atoms with E-state index in [-0.39, 0.29) is 11.7 Å². The molecule has 5 N–H and O–H groups in total. The van der Waals surface area contributed by atoms with E-state index in [0.717, 1.165) is 0 Å². The summed E-state index contributed by atoms with van der Waals surface area (Å²) in [4.78, 5) is 22.7. The van der Waals surface area contributed by atoms with Crippen molar-refractivity contribution < 1.29 is 34.4 Å². The highest BCUT2D eigenvalue weighted by atomic mass is 16.7. The molecule has 5 atom stereocenters. The number of aliphatic hydroxyl groups excluding tert-OH is 3. The Morgan fingerprint density at radius 2 is 1.84 bits per heavy atom. The van der Waals surface area contributed by atoms with Crippen LogP contribution >= 0.6 is 0 Å². The molecule has 0 aliphatic carbocycles. The van der Waals surface area contributed by atoms with E-state index in [1.807, 2.05) is 0 Å². The van der Waals surface area contributed by atoms with Gasteiger partial charge in [0.15, 0.2) is 0 Å². The molecular weight excluding hydrogens is 332 g/mol. The summed E-state index contributed by atoms with van der Waals surface area (Å²) in [6, 6.07) is 5.49. The molecule has 138 valence electrons. The van der Waals surface area contributed by atoms with Crippen LogP contribution in [0.15, 0.2) is 24.3 Å². The number of amides is 2. The first-order valence-electron chi connectivity index (χ1n) is 7.76. The summed E-state index contributed by atoms with van der Waals surface area (Å²) in [7, 11) is 0. The molecule has 0 radical (unpaired) electrons. The van der Waals surface area contributed by atoms with Crippen LogP contribution in [-0.2, 0) is 14.3 Å². The van der Waals surface area contributed by atoms with Crippen molar-refractivity contribution in [2.45, 2.75) is 44.5 Å². The minimum Gasteiger partial charge on any atom is -0.460 e. The van der Waals surface area contributed by atoms with Crippen LogP contribution in [0.2, 0.25) is 0 Å². The predicted octanol–water partition coefficient (Wildman–Crippen LogP) is -1.03. The summed E-state index contributed by atoms with van der Waals surface area (Å²) >= 11 is 0. The standard InChI is InChI=1S/C16H22N2O7/c1-8(20)17-10-5-3-4-6-11(10)24-16-13(18-9(2)21)15(23)14(22)12(7-19)25-16/h3-6,12-16,19,22-23H,7H2,1-2H3,(H,17,20)(H,18,21)/t12-,13-,14+,15-,16-/m0/s1. The lowest BCUT2D eigenvalue weighted by atomic mass is 9.97. The van der Waals surface area contributed by atoms with E-state index in [0.29, 0.717) is 5.69 Å². The Kier molecular flexibility index (Phi) is 6.32. The second kappa shape index (κ2) is 8.26. The number of aliphatic hydroxyl groups is 3. The van der Waals surface area contributed by atoms with Crippen LogP contribution < -0.4 is 15.4 Å². The van der Waals surface area contributed by atoms with Gasteiger partial charge >= 0.3 is 0 Å². The number of benzene rings is 1. The largest absolute Gasteiger partial charge is 0.460 e. The fraction of sp³-hybridized carbons (Fsp3) is 0.500. The molecule has 0 unspecified atom stereocenters. The number of hydrogen-bond acceptors (Lipinski definition) is 7. The Labute approximate surface area is 144 Å². The number of rotatable bonds is 5. The van der Waals surface area contributed by atoms with Gasteiger partial charge in [0.2, 0.25) is 18.1 Å². The molecule has 9 nitrogen and oxygen atoms in total. The zero-order valence-corrected chi connectivity index (χ0v) is 13.9. The van der Waals surface area contributed by atoms with Gasteiger partial charge in [-0.1, -0.05) is 12.1 Å². The molecular formula is C16H22N2O7. The Bertz CT molecular complexity index is 624. The fourth-order valence-electron chi connectivity index (χ4n) is 2.56. The maximum absolute atomic E-state index is 11.4. The monoisotopic (exact) mass is 354 g/mol. The Balaban J connectivity index is 2.27. The third-order valence-electron chi connectivity index (χ3n) is 3.69. The second-order valence-electron chi connectivity index (χ2n) is 5.73. The summed E-state index contributed by atoms with van der Waals surface area (Å²) in [5, 5.41) is 34.6. The SMILES string of the molecule is CC(=O)Nc1ccccc1O[C@H]1O[C@@H](CO)[C@@H](O)[C@@H](O)[C@@H]1NC(C)=O. The van der Waals surface area contributed by atoms with Gasteiger partial charge in [-0.05, 0) is 12.1 Å². The van der Waals surface area contributed by atoms with Gasteiger partial charge < -0.3 is 35.4 Å². The number of anilines is 1. The minimum absolute atomic E-state index is 0.248. The molecule has 0 saturated carbocycles. The molecule has 25 heavy (non-hydrogen) atoms. The maximum atomic E-state index is 11.4. The average Bonchev–Trinajstić information content (AvgIpc) is 2.55. The van der Waals surface area contributed by atoms with Crippen LogP contribution in [0, 0.1) is 0 Å². The molecule has 0 aromatic heterocycles. The first-order valence-corrected chi connectivity index (χ1v) is 7.76. The van der Waals surface area contributed by atoms with Crippen molar-refractivity contribution >= 4 is 17.5 Å². The van der Waals surface area contributed by atoms with Crippen molar-refractivity contribution in [1.29, 1.82) is 0 Å². The molecule has 0 bridgehead atoms. The fourth-order valence-corrected chi connectivity index (χ4v) is 2.56. The Morgan fingerprint density at radius 1 is 1.16 bits per heavy atom. The van der Waals surface area contributed by atoms with E-state index in [4.69, 9.17) is 9.47 Å². The first kappa shape index (κ1) is 19.1. The third-order valence-corrected chi connectivity index (χ3v) is 3.69. The molecule has 1 aliphatic heterocycles. The van der Waals surface area contributed by atoms with Crippen LogP contribution in [0.25, 0.3) is 0 Å². The lowest BCUT2D eigenvalue weighted by Crippen LogP contribution is -2.65. The second-order valence-corrected chi connectivity index (χ2v) is 5.73. The van der Waals surface area contributed by atoms with Gasteiger partial charge in [0.25, 0.3) is 0 Å².